The molecule has 0 fully saturated rings. The van der Waals surface area contributed by atoms with Crippen molar-refractivity contribution in [2.45, 2.75) is 38.8 Å². The number of hydrogen-bond donors (Lipinski definition) is 4. The van der Waals surface area contributed by atoms with Crippen molar-refractivity contribution in [2.75, 3.05) is 36.6 Å². The zero-order chi connectivity index (χ0) is 27.0. The maximum atomic E-state index is 12.8. The molecule has 0 aliphatic rings. The van der Waals surface area contributed by atoms with Crippen LogP contribution in [0.15, 0.2) is 45.9 Å². The third kappa shape index (κ3) is 9.16. The molecule has 4 N–H and O–H groups in total. The van der Waals surface area contributed by atoms with Gasteiger partial charge < -0.3 is 25.6 Å². The molecular formula is C25H32N6O4S2. The molecule has 0 aromatic carbocycles. The molecule has 0 radical (unpaired) electrons. The van der Waals surface area contributed by atoms with E-state index >= 15 is 0 Å². The molecule has 3 rings (SSSR count). The van der Waals surface area contributed by atoms with Crippen LogP contribution in [0.1, 0.15) is 49.3 Å². The molecule has 3 aromatic rings. The van der Waals surface area contributed by atoms with Gasteiger partial charge in [-0.05, 0) is 70.9 Å². The lowest BCUT2D eigenvalue weighted by molar-refractivity contribution is 0.0635. The van der Waals surface area contributed by atoms with Crippen LogP contribution in [0.4, 0.5) is 26.7 Å². The highest BCUT2D eigenvalue weighted by Crippen LogP contribution is 2.28. The Bertz CT molecular complexity index is 1190. The van der Waals surface area contributed by atoms with E-state index in [0.29, 0.717) is 17.8 Å². The van der Waals surface area contributed by atoms with Gasteiger partial charge in [0.05, 0.1) is 23.1 Å². The van der Waals surface area contributed by atoms with Gasteiger partial charge in [0.1, 0.15) is 11.3 Å². The first-order chi connectivity index (χ1) is 17.5. The summed E-state index contributed by atoms with van der Waals surface area (Å²) < 4.78 is 5.27. The molecule has 12 heteroatoms. The molecule has 37 heavy (non-hydrogen) atoms. The minimum Gasteiger partial charge on any atom is -0.444 e. The van der Waals surface area contributed by atoms with E-state index in [9.17, 15) is 14.4 Å². The summed E-state index contributed by atoms with van der Waals surface area (Å²) in [6.07, 6.45) is 1.64. The predicted molar refractivity (Wildman–Crippen MR) is 149 cm³/mol. The van der Waals surface area contributed by atoms with Gasteiger partial charge in [-0.2, -0.15) is 11.3 Å². The summed E-state index contributed by atoms with van der Waals surface area (Å²) in [7, 11) is 3.93. The quantitative estimate of drug-likeness (QED) is 0.277. The Morgan fingerprint density at radius 2 is 1.73 bits per heavy atom. The zero-order valence-corrected chi connectivity index (χ0v) is 23.1. The summed E-state index contributed by atoms with van der Waals surface area (Å²) in [5, 5.41) is 18.4. The molecule has 0 aliphatic heterocycles. The van der Waals surface area contributed by atoms with Crippen molar-refractivity contribution in [3.63, 3.8) is 0 Å². The summed E-state index contributed by atoms with van der Waals surface area (Å²) in [5.74, 6) is -0.426. The van der Waals surface area contributed by atoms with E-state index in [1.807, 2.05) is 35.8 Å². The highest BCUT2D eigenvalue weighted by Gasteiger charge is 2.20. The molecule has 198 valence electrons. The fraction of sp³-hybridized carbons (Fsp3) is 0.360. The number of carbonyl (C=O) groups is 3. The third-order valence-electron chi connectivity index (χ3n) is 4.92. The van der Waals surface area contributed by atoms with Crippen LogP contribution < -0.4 is 21.3 Å². The number of carbonyl (C=O) groups excluding carboxylic acids is 3. The molecule has 3 aromatic heterocycles. The average molecular weight is 545 g/mol. The number of amides is 4. The van der Waals surface area contributed by atoms with Crippen LogP contribution in [0.3, 0.4) is 0 Å². The molecular weight excluding hydrogens is 512 g/mol. The van der Waals surface area contributed by atoms with E-state index in [2.05, 4.69) is 26.3 Å². The number of ether oxygens (including phenoxy) is 1. The van der Waals surface area contributed by atoms with Crippen LogP contribution in [0.25, 0.3) is 0 Å². The first-order valence-corrected chi connectivity index (χ1v) is 13.5. The Kier molecular flexibility index (Phi) is 9.61. The number of hydrogen-bond acceptors (Lipinski definition) is 8. The molecule has 0 saturated carbocycles. The molecule has 0 bridgehead atoms. The number of aromatic nitrogens is 1. The summed E-state index contributed by atoms with van der Waals surface area (Å²) >= 11 is 2.83. The van der Waals surface area contributed by atoms with E-state index in [1.54, 1.807) is 49.9 Å². The Morgan fingerprint density at radius 3 is 2.32 bits per heavy atom. The van der Waals surface area contributed by atoms with Gasteiger partial charge in [-0.3, -0.25) is 15.1 Å². The number of urea groups is 1. The lowest BCUT2D eigenvalue weighted by atomic mass is 10.1. The number of thiophene rings is 2. The third-order valence-corrected chi connectivity index (χ3v) is 6.34. The second-order valence-electron chi connectivity index (χ2n) is 9.51. The van der Waals surface area contributed by atoms with Crippen molar-refractivity contribution >= 4 is 57.8 Å². The first-order valence-electron chi connectivity index (χ1n) is 11.6. The van der Waals surface area contributed by atoms with Crippen LogP contribution in [-0.2, 0) is 4.74 Å². The molecule has 0 aliphatic carbocycles. The van der Waals surface area contributed by atoms with E-state index in [4.69, 9.17) is 4.74 Å². The van der Waals surface area contributed by atoms with Crippen molar-refractivity contribution in [1.29, 1.82) is 0 Å². The van der Waals surface area contributed by atoms with Gasteiger partial charge in [0.15, 0.2) is 0 Å². The van der Waals surface area contributed by atoms with Gasteiger partial charge in [-0.1, -0.05) is 6.07 Å². The summed E-state index contributed by atoms with van der Waals surface area (Å²) in [4.78, 5) is 43.8. The zero-order valence-electron chi connectivity index (χ0n) is 21.5. The van der Waals surface area contributed by atoms with Crippen LogP contribution in [-0.4, -0.2) is 54.2 Å². The first kappa shape index (κ1) is 28.1. The van der Waals surface area contributed by atoms with Crippen molar-refractivity contribution < 1.29 is 19.1 Å². The fourth-order valence-electron chi connectivity index (χ4n) is 3.21. The van der Waals surface area contributed by atoms with Gasteiger partial charge in [-0.25, -0.2) is 9.59 Å². The lowest BCUT2D eigenvalue weighted by Gasteiger charge is -2.21. The summed E-state index contributed by atoms with van der Waals surface area (Å²) in [6, 6.07) is 4.61. The van der Waals surface area contributed by atoms with Crippen molar-refractivity contribution in [2.24, 2.45) is 0 Å². The van der Waals surface area contributed by atoms with Crippen LogP contribution in [0, 0.1) is 0 Å². The minimum absolute atomic E-state index is 0.201. The predicted octanol–water partition coefficient (Wildman–Crippen LogP) is 5.62. The lowest BCUT2D eigenvalue weighted by Crippen LogP contribution is -2.34. The standard InChI is InChI=1S/C25H32N6O4S2/c1-25(2,3)35-24(34)30-21-15-37-14-20(21)28-22(32)19-7-6-16(12-26-19)18(8-10-31(4)5)29-23(33)27-17-9-11-36-13-17/h6-7,9,11-15,18H,8,10H2,1-5H3,(H,28,32)(H,30,34)(H2,27,29,33). The monoisotopic (exact) mass is 544 g/mol. The van der Waals surface area contributed by atoms with E-state index in [1.165, 1.54) is 22.7 Å². The SMILES string of the molecule is CN(C)CCC(NC(=O)Nc1ccsc1)c1ccc(C(=O)Nc2cscc2NC(=O)OC(C)(C)C)nc1. The smallest absolute Gasteiger partial charge is 0.412 e. The topological polar surface area (TPSA) is 125 Å². The number of pyridine rings is 1. The van der Waals surface area contributed by atoms with Crippen molar-refractivity contribution in [3.05, 3.63) is 57.2 Å². The number of rotatable bonds is 9. The van der Waals surface area contributed by atoms with Crippen LogP contribution in [0.2, 0.25) is 0 Å². The molecule has 0 saturated heterocycles. The van der Waals surface area contributed by atoms with Gasteiger partial charge in [0.25, 0.3) is 5.91 Å². The molecule has 10 nitrogen and oxygen atoms in total. The Hall–Kier alpha value is -3.48. The molecule has 4 amide bonds. The van der Waals surface area contributed by atoms with Crippen LogP contribution >= 0.6 is 22.7 Å². The largest absolute Gasteiger partial charge is 0.444 e. The molecule has 1 unspecified atom stereocenters. The number of anilines is 3. The second-order valence-corrected chi connectivity index (χ2v) is 11.0. The van der Waals surface area contributed by atoms with Gasteiger partial charge in [0, 0.05) is 22.3 Å². The number of nitrogens with one attached hydrogen (secondary N) is 4. The molecule has 3 heterocycles. The highest BCUT2D eigenvalue weighted by molar-refractivity contribution is 7.09. The Balaban J connectivity index is 1.65. The van der Waals surface area contributed by atoms with Gasteiger partial charge in [0.2, 0.25) is 0 Å². The van der Waals surface area contributed by atoms with Crippen LogP contribution in [0.5, 0.6) is 0 Å². The Morgan fingerprint density at radius 1 is 1.00 bits per heavy atom. The van der Waals surface area contributed by atoms with Gasteiger partial charge in [-0.15, -0.1) is 11.3 Å². The molecule has 0 spiro atoms. The van der Waals surface area contributed by atoms with Crippen molar-refractivity contribution in [3.8, 4) is 0 Å². The van der Waals surface area contributed by atoms with E-state index < -0.39 is 17.6 Å². The highest BCUT2D eigenvalue weighted by atomic mass is 32.1. The van der Waals surface area contributed by atoms with E-state index in [0.717, 1.165) is 17.8 Å². The minimum atomic E-state index is -0.640. The summed E-state index contributed by atoms with van der Waals surface area (Å²) in [6.45, 7) is 6.07. The second kappa shape index (κ2) is 12.7. The number of nitrogens with zero attached hydrogens (tertiary/aromatic N) is 2. The van der Waals surface area contributed by atoms with Crippen molar-refractivity contribution in [1.82, 2.24) is 15.2 Å². The summed E-state index contributed by atoms with van der Waals surface area (Å²) in [5.41, 5.74) is 1.96. The van der Waals surface area contributed by atoms with E-state index in [-0.39, 0.29) is 17.8 Å². The fourth-order valence-corrected chi connectivity index (χ4v) is 4.51. The normalized spacial score (nSPS) is 12.1. The maximum absolute atomic E-state index is 12.8. The van der Waals surface area contributed by atoms with Gasteiger partial charge >= 0.3 is 12.1 Å². The maximum Gasteiger partial charge on any atom is 0.412 e. The Labute approximate surface area is 224 Å². The average Bonchev–Trinajstić information content (AvgIpc) is 3.47. The molecule has 1 atom stereocenters.